The minimum Gasteiger partial charge on any atom is -0.381 e. The quantitative estimate of drug-likeness (QED) is 0.752. The molecule has 2 fully saturated rings. The first-order valence-corrected chi connectivity index (χ1v) is 9.11. The van der Waals surface area contributed by atoms with E-state index in [0.29, 0.717) is 37.0 Å². The predicted molar refractivity (Wildman–Crippen MR) is 100 cm³/mol. The highest BCUT2D eigenvalue weighted by Crippen LogP contribution is 2.32. The maximum atomic E-state index is 13.8. The van der Waals surface area contributed by atoms with Crippen molar-refractivity contribution >= 4 is 41.5 Å². The molecule has 1 amide bonds. The van der Waals surface area contributed by atoms with Crippen LogP contribution in [-0.2, 0) is 14.3 Å². The van der Waals surface area contributed by atoms with Crippen LogP contribution in [0.3, 0.4) is 0 Å². The summed E-state index contributed by atoms with van der Waals surface area (Å²) >= 11 is 11.9. The van der Waals surface area contributed by atoms with Crippen LogP contribution in [-0.4, -0.2) is 49.8 Å². The first-order valence-electron chi connectivity index (χ1n) is 8.35. The number of rotatable bonds is 3. The number of carbonyl (C=O) groups is 1. The van der Waals surface area contributed by atoms with Gasteiger partial charge in [-0.25, -0.2) is 4.39 Å². The number of nitrogens with zero attached hydrogens (tertiary/aromatic N) is 1. The molecule has 3 rings (SSSR count). The van der Waals surface area contributed by atoms with Gasteiger partial charge in [0, 0.05) is 30.3 Å². The summed E-state index contributed by atoms with van der Waals surface area (Å²) < 4.78 is 24.8. The topological polar surface area (TPSA) is 64.8 Å². The van der Waals surface area contributed by atoms with Crippen LogP contribution in [0.4, 0.5) is 4.39 Å². The Labute approximate surface area is 168 Å². The van der Waals surface area contributed by atoms with Gasteiger partial charge < -0.3 is 20.1 Å². The van der Waals surface area contributed by atoms with Crippen molar-refractivity contribution in [1.29, 1.82) is 0 Å². The number of benzene rings is 1. The van der Waals surface area contributed by atoms with Crippen molar-refractivity contribution in [2.24, 2.45) is 11.7 Å². The fraction of sp³-hybridized carbons (Fsp3) is 0.588. The normalized spacial score (nSPS) is 22.6. The average Bonchev–Trinajstić information content (AvgIpc) is 2.64. The highest BCUT2D eigenvalue weighted by atomic mass is 35.5. The fourth-order valence-electron chi connectivity index (χ4n) is 3.31. The van der Waals surface area contributed by atoms with E-state index in [0.717, 1.165) is 12.8 Å². The molecule has 0 aliphatic carbocycles. The van der Waals surface area contributed by atoms with E-state index < -0.39 is 18.0 Å². The second kappa shape index (κ2) is 9.53. The lowest BCUT2D eigenvalue weighted by molar-refractivity contribution is -0.142. The van der Waals surface area contributed by atoms with Gasteiger partial charge in [0.2, 0.25) is 5.91 Å². The first kappa shape index (κ1) is 21.7. The Morgan fingerprint density at radius 1 is 1.23 bits per heavy atom. The van der Waals surface area contributed by atoms with Crippen molar-refractivity contribution in [2.75, 3.05) is 32.9 Å². The van der Waals surface area contributed by atoms with E-state index >= 15 is 0 Å². The van der Waals surface area contributed by atoms with Crippen molar-refractivity contribution < 1.29 is 18.7 Å². The molecule has 9 heteroatoms. The molecule has 0 radical (unpaired) electrons. The lowest BCUT2D eigenvalue weighted by atomic mass is 9.91. The number of carbonyl (C=O) groups excluding carboxylic acids is 1. The van der Waals surface area contributed by atoms with Gasteiger partial charge in [0.15, 0.2) is 0 Å². The summed E-state index contributed by atoms with van der Waals surface area (Å²) in [4.78, 5) is 14.4. The summed E-state index contributed by atoms with van der Waals surface area (Å²) in [5.74, 6) is -0.545. The minimum atomic E-state index is -0.563. The van der Waals surface area contributed by atoms with Gasteiger partial charge in [-0.05, 0) is 30.9 Å². The van der Waals surface area contributed by atoms with Crippen molar-refractivity contribution in [1.82, 2.24) is 4.90 Å². The van der Waals surface area contributed by atoms with E-state index in [2.05, 4.69) is 0 Å². The molecule has 0 spiro atoms. The summed E-state index contributed by atoms with van der Waals surface area (Å²) in [6.07, 6.45) is 1.07. The molecular formula is C17H22Cl3FN2O3. The number of nitrogens with two attached hydrogens (primary N) is 1. The number of ether oxygens (including phenoxy) is 2. The first-order chi connectivity index (χ1) is 12.0. The Morgan fingerprint density at radius 3 is 2.62 bits per heavy atom. The summed E-state index contributed by atoms with van der Waals surface area (Å²) in [5.41, 5.74) is 6.68. The Morgan fingerprint density at radius 2 is 1.92 bits per heavy atom. The molecule has 2 saturated heterocycles. The Kier molecular flexibility index (Phi) is 7.94. The number of hydrogen-bond donors (Lipinski definition) is 1. The van der Waals surface area contributed by atoms with E-state index in [1.165, 1.54) is 12.1 Å². The summed E-state index contributed by atoms with van der Waals surface area (Å²) in [7, 11) is 0. The van der Waals surface area contributed by atoms with Crippen molar-refractivity contribution in [3.63, 3.8) is 0 Å². The van der Waals surface area contributed by atoms with Crippen LogP contribution in [0, 0.1) is 11.7 Å². The molecule has 1 aromatic rings. The fourth-order valence-corrected chi connectivity index (χ4v) is 3.81. The minimum absolute atomic E-state index is 0. The van der Waals surface area contributed by atoms with Crippen LogP contribution < -0.4 is 5.73 Å². The Bertz CT molecular complexity index is 644. The Hall–Kier alpha value is -0.630. The molecule has 2 unspecified atom stereocenters. The number of halogens is 4. The van der Waals surface area contributed by atoms with Crippen LogP contribution in [0.25, 0.3) is 0 Å². The van der Waals surface area contributed by atoms with Crippen LogP contribution >= 0.6 is 35.6 Å². The van der Waals surface area contributed by atoms with Gasteiger partial charge in [-0.1, -0.05) is 23.2 Å². The van der Waals surface area contributed by atoms with Gasteiger partial charge in [0.05, 0.1) is 24.2 Å². The maximum absolute atomic E-state index is 13.8. The average molecular weight is 428 g/mol. The van der Waals surface area contributed by atoms with Crippen molar-refractivity contribution in [3.05, 3.63) is 33.6 Å². The van der Waals surface area contributed by atoms with Crippen molar-refractivity contribution in [3.8, 4) is 0 Å². The van der Waals surface area contributed by atoms with Crippen LogP contribution in [0.5, 0.6) is 0 Å². The van der Waals surface area contributed by atoms with E-state index in [1.807, 2.05) is 0 Å². The monoisotopic (exact) mass is 426 g/mol. The van der Waals surface area contributed by atoms with Gasteiger partial charge in [-0.15, -0.1) is 12.4 Å². The molecule has 0 bridgehead atoms. The number of morpholine rings is 1. The third kappa shape index (κ3) is 4.80. The third-order valence-corrected chi connectivity index (χ3v) is 5.44. The maximum Gasteiger partial charge on any atom is 0.239 e. The van der Waals surface area contributed by atoms with Gasteiger partial charge in [0.1, 0.15) is 11.9 Å². The lowest BCUT2D eigenvalue weighted by Gasteiger charge is -2.37. The molecule has 146 valence electrons. The zero-order chi connectivity index (χ0) is 18.0. The van der Waals surface area contributed by atoms with Gasteiger partial charge in [-0.2, -0.15) is 0 Å². The molecule has 5 nitrogen and oxygen atoms in total. The van der Waals surface area contributed by atoms with Gasteiger partial charge in [0.25, 0.3) is 0 Å². The molecule has 2 aliphatic rings. The van der Waals surface area contributed by atoms with Gasteiger partial charge >= 0.3 is 0 Å². The third-order valence-electron chi connectivity index (χ3n) is 4.82. The molecule has 2 aliphatic heterocycles. The zero-order valence-corrected chi connectivity index (χ0v) is 16.5. The summed E-state index contributed by atoms with van der Waals surface area (Å²) in [6, 6.07) is 2.06. The van der Waals surface area contributed by atoms with Crippen LogP contribution in [0.15, 0.2) is 12.1 Å². The van der Waals surface area contributed by atoms with Crippen LogP contribution in [0.2, 0.25) is 10.0 Å². The molecule has 2 heterocycles. The largest absolute Gasteiger partial charge is 0.381 e. The highest BCUT2D eigenvalue weighted by Gasteiger charge is 2.33. The lowest BCUT2D eigenvalue weighted by Crippen LogP contribution is -2.52. The van der Waals surface area contributed by atoms with Crippen molar-refractivity contribution in [2.45, 2.75) is 25.0 Å². The molecular weight excluding hydrogens is 406 g/mol. The molecule has 0 aromatic heterocycles. The molecule has 2 N–H and O–H groups in total. The van der Waals surface area contributed by atoms with E-state index in [-0.39, 0.29) is 35.8 Å². The number of amides is 1. The smallest absolute Gasteiger partial charge is 0.239 e. The number of hydrogen-bond acceptors (Lipinski definition) is 4. The van der Waals surface area contributed by atoms with E-state index in [9.17, 15) is 9.18 Å². The summed E-state index contributed by atoms with van der Waals surface area (Å²) in [6.45, 7) is 2.36. The standard InChI is InChI=1S/C17H21Cl2FN2O3.ClH/c18-12-8-13(19)14(20)7-11(12)15-9-22(3-6-25-15)17(23)16(21)10-1-4-24-5-2-10;/h7-8,10,15-16H,1-6,9,21H2;1H. The van der Waals surface area contributed by atoms with Crippen LogP contribution in [0.1, 0.15) is 24.5 Å². The zero-order valence-electron chi connectivity index (χ0n) is 14.1. The SMILES string of the molecule is Cl.NC(C(=O)N1CCOC(c2cc(F)c(Cl)cc2Cl)C1)C1CCOCC1. The van der Waals surface area contributed by atoms with E-state index in [4.69, 9.17) is 38.4 Å². The van der Waals surface area contributed by atoms with E-state index in [1.54, 1.807) is 4.90 Å². The molecule has 1 aromatic carbocycles. The summed E-state index contributed by atoms with van der Waals surface area (Å²) in [5, 5.41) is 0.276. The van der Waals surface area contributed by atoms with Gasteiger partial charge in [-0.3, -0.25) is 4.79 Å². The predicted octanol–water partition coefficient (Wildman–Crippen LogP) is 3.21. The highest BCUT2D eigenvalue weighted by molar-refractivity contribution is 6.35. The molecule has 2 atom stereocenters. The Balaban J connectivity index is 0.00000243. The second-order valence-electron chi connectivity index (χ2n) is 6.41. The molecule has 26 heavy (non-hydrogen) atoms. The molecule has 0 saturated carbocycles. The second-order valence-corrected chi connectivity index (χ2v) is 7.22.